The molecule has 0 bridgehead atoms. The predicted molar refractivity (Wildman–Crippen MR) is 105 cm³/mol. The van der Waals surface area contributed by atoms with Gasteiger partial charge in [0.05, 0.1) is 6.61 Å². The van der Waals surface area contributed by atoms with Crippen molar-refractivity contribution in [1.29, 1.82) is 0 Å². The third-order valence-corrected chi connectivity index (χ3v) is 4.68. The molecule has 1 aliphatic rings. The summed E-state index contributed by atoms with van der Waals surface area (Å²) in [6, 6.07) is 6.63. The second-order valence-electron chi connectivity index (χ2n) is 6.96. The van der Waals surface area contributed by atoms with Gasteiger partial charge in [-0.3, -0.25) is 4.79 Å². The molecular formula is C20H33ClN2O2. The van der Waals surface area contributed by atoms with Gasteiger partial charge in [-0.25, -0.2) is 0 Å². The fourth-order valence-corrected chi connectivity index (χ4v) is 3.17. The number of benzene rings is 1. The van der Waals surface area contributed by atoms with Crippen LogP contribution in [0.1, 0.15) is 57.1 Å². The van der Waals surface area contributed by atoms with E-state index in [2.05, 4.69) is 49.6 Å². The van der Waals surface area contributed by atoms with Gasteiger partial charge in [-0.15, -0.1) is 12.4 Å². The van der Waals surface area contributed by atoms with Gasteiger partial charge in [-0.2, -0.15) is 0 Å². The van der Waals surface area contributed by atoms with E-state index in [-0.39, 0.29) is 24.2 Å². The molecule has 1 aromatic rings. The number of aryl methyl sites for hydroxylation is 1. The van der Waals surface area contributed by atoms with E-state index in [1.165, 1.54) is 18.4 Å². The van der Waals surface area contributed by atoms with E-state index >= 15 is 0 Å². The van der Waals surface area contributed by atoms with E-state index in [0.717, 1.165) is 43.7 Å². The molecule has 1 saturated heterocycles. The highest BCUT2D eigenvalue weighted by atomic mass is 35.5. The normalized spacial score (nSPS) is 19.8. The summed E-state index contributed by atoms with van der Waals surface area (Å²) in [5, 5.41) is 6.49. The molecule has 4 nitrogen and oxygen atoms in total. The van der Waals surface area contributed by atoms with Crippen LogP contribution in [-0.4, -0.2) is 25.1 Å². The Kier molecular flexibility index (Phi) is 9.91. The van der Waals surface area contributed by atoms with E-state index in [9.17, 15) is 4.79 Å². The van der Waals surface area contributed by atoms with Crippen molar-refractivity contribution in [1.82, 2.24) is 10.6 Å². The Morgan fingerprint density at radius 1 is 1.36 bits per heavy atom. The maximum absolute atomic E-state index is 12.4. The van der Waals surface area contributed by atoms with E-state index in [1.54, 1.807) is 0 Å². The number of nitrogens with one attached hydrogen (secondary N) is 2. The van der Waals surface area contributed by atoms with Gasteiger partial charge in [0, 0.05) is 24.1 Å². The molecule has 0 radical (unpaired) electrons. The first-order valence-electron chi connectivity index (χ1n) is 9.33. The average Bonchev–Trinajstić information content (AvgIpc) is 2.57. The van der Waals surface area contributed by atoms with Crippen molar-refractivity contribution in [2.24, 2.45) is 5.92 Å². The maximum Gasteiger partial charge on any atom is 0.223 e. The van der Waals surface area contributed by atoms with Crippen LogP contribution in [0.3, 0.4) is 0 Å². The number of carbonyl (C=O) groups excluding carboxylic acids is 1. The molecular weight excluding hydrogens is 336 g/mol. The Labute approximate surface area is 158 Å². The molecule has 1 fully saturated rings. The summed E-state index contributed by atoms with van der Waals surface area (Å²) >= 11 is 0. The number of hydrogen-bond donors (Lipinski definition) is 2. The van der Waals surface area contributed by atoms with Crippen molar-refractivity contribution in [2.75, 3.05) is 13.2 Å². The second-order valence-corrected chi connectivity index (χ2v) is 6.96. The molecule has 142 valence electrons. The minimum absolute atomic E-state index is 0. The van der Waals surface area contributed by atoms with Gasteiger partial charge in [0.25, 0.3) is 0 Å². The zero-order chi connectivity index (χ0) is 17.4. The number of carbonyl (C=O) groups is 1. The fourth-order valence-electron chi connectivity index (χ4n) is 3.17. The first kappa shape index (κ1) is 21.8. The largest absolute Gasteiger partial charge is 0.493 e. The molecule has 0 saturated carbocycles. The summed E-state index contributed by atoms with van der Waals surface area (Å²) in [5.74, 6) is 1.20. The smallest absolute Gasteiger partial charge is 0.223 e. The van der Waals surface area contributed by atoms with Gasteiger partial charge in [0.15, 0.2) is 0 Å². The molecule has 25 heavy (non-hydrogen) atoms. The number of piperidine rings is 1. The quantitative estimate of drug-likeness (QED) is 0.682. The van der Waals surface area contributed by atoms with Crippen molar-refractivity contribution in [3.05, 3.63) is 29.3 Å². The number of ether oxygens (including phenoxy) is 1. The van der Waals surface area contributed by atoms with E-state index in [4.69, 9.17) is 4.74 Å². The number of halogens is 1. The molecule has 5 heteroatoms. The van der Waals surface area contributed by atoms with Crippen LogP contribution < -0.4 is 15.4 Å². The van der Waals surface area contributed by atoms with Gasteiger partial charge in [0.1, 0.15) is 5.75 Å². The highest BCUT2D eigenvalue weighted by Gasteiger charge is 2.24. The van der Waals surface area contributed by atoms with Crippen molar-refractivity contribution in [2.45, 2.75) is 65.5 Å². The van der Waals surface area contributed by atoms with Gasteiger partial charge in [-0.05, 0) is 51.3 Å². The summed E-state index contributed by atoms with van der Waals surface area (Å²) in [7, 11) is 0. The van der Waals surface area contributed by atoms with Crippen LogP contribution in [0.4, 0.5) is 0 Å². The minimum Gasteiger partial charge on any atom is -0.493 e. The number of hydrogen-bond acceptors (Lipinski definition) is 3. The molecule has 0 spiro atoms. The number of amides is 1. The van der Waals surface area contributed by atoms with E-state index < -0.39 is 0 Å². The van der Waals surface area contributed by atoms with Crippen LogP contribution in [0.5, 0.6) is 5.75 Å². The molecule has 1 aliphatic heterocycles. The Morgan fingerprint density at radius 2 is 2.16 bits per heavy atom. The molecule has 2 rings (SSSR count). The Balaban J connectivity index is 0.00000312. The molecule has 2 N–H and O–H groups in total. The maximum atomic E-state index is 12.4. The summed E-state index contributed by atoms with van der Waals surface area (Å²) < 4.78 is 5.95. The van der Waals surface area contributed by atoms with Crippen molar-refractivity contribution in [3.8, 4) is 5.75 Å². The second kappa shape index (κ2) is 11.4. The van der Waals surface area contributed by atoms with Crippen LogP contribution in [0.25, 0.3) is 0 Å². The summed E-state index contributed by atoms with van der Waals surface area (Å²) in [4.78, 5) is 12.4. The molecule has 0 aliphatic carbocycles. The van der Waals surface area contributed by atoms with Crippen molar-refractivity contribution in [3.63, 3.8) is 0 Å². The highest BCUT2D eigenvalue weighted by molar-refractivity contribution is 5.85. The zero-order valence-electron chi connectivity index (χ0n) is 15.8. The highest BCUT2D eigenvalue weighted by Crippen LogP contribution is 2.22. The third kappa shape index (κ3) is 7.25. The first-order valence-corrected chi connectivity index (χ1v) is 9.33. The van der Waals surface area contributed by atoms with E-state index in [0.29, 0.717) is 12.6 Å². The zero-order valence-corrected chi connectivity index (χ0v) is 16.6. The fraction of sp³-hybridized carbons (Fsp3) is 0.650. The molecule has 0 unspecified atom stereocenters. The Bertz CT molecular complexity index is 536. The topological polar surface area (TPSA) is 50.4 Å². The lowest BCUT2D eigenvalue weighted by atomic mass is 9.92. The minimum atomic E-state index is 0. The molecule has 2 atom stereocenters. The van der Waals surface area contributed by atoms with Gasteiger partial charge >= 0.3 is 0 Å². The van der Waals surface area contributed by atoms with Crippen LogP contribution in [0.15, 0.2) is 18.2 Å². The molecule has 0 aromatic heterocycles. The monoisotopic (exact) mass is 368 g/mol. The van der Waals surface area contributed by atoms with Crippen LogP contribution in [-0.2, 0) is 11.3 Å². The average molecular weight is 369 g/mol. The standard InChI is InChI=1S/C20H32N2O2.ClH/c1-4-5-6-11-24-19-12-15(2)7-8-18(19)14-22-20(23)17-9-10-21-16(3)13-17;/h7-8,12,16-17,21H,4-6,9-11,13-14H2,1-3H3,(H,22,23);1H/t16-,17-;/m0./s1. The van der Waals surface area contributed by atoms with Gasteiger partial charge in [-0.1, -0.05) is 31.9 Å². The summed E-state index contributed by atoms with van der Waals surface area (Å²) in [6.07, 6.45) is 5.29. The Morgan fingerprint density at radius 3 is 2.88 bits per heavy atom. The van der Waals surface area contributed by atoms with Crippen molar-refractivity contribution >= 4 is 18.3 Å². The number of rotatable bonds is 8. The van der Waals surface area contributed by atoms with Gasteiger partial charge in [0.2, 0.25) is 5.91 Å². The lowest BCUT2D eigenvalue weighted by Gasteiger charge is -2.27. The summed E-state index contributed by atoms with van der Waals surface area (Å²) in [6.45, 7) is 8.61. The van der Waals surface area contributed by atoms with Crippen LogP contribution >= 0.6 is 12.4 Å². The van der Waals surface area contributed by atoms with Crippen LogP contribution in [0, 0.1) is 12.8 Å². The SMILES string of the molecule is CCCCCOc1cc(C)ccc1CNC(=O)[C@H]1CCN[C@@H](C)C1.Cl. The Hall–Kier alpha value is -1.26. The van der Waals surface area contributed by atoms with Gasteiger partial charge < -0.3 is 15.4 Å². The van der Waals surface area contributed by atoms with Crippen molar-refractivity contribution < 1.29 is 9.53 Å². The lowest BCUT2D eigenvalue weighted by molar-refractivity contribution is -0.126. The summed E-state index contributed by atoms with van der Waals surface area (Å²) in [5.41, 5.74) is 2.25. The number of unbranched alkanes of at least 4 members (excludes halogenated alkanes) is 2. The molecule has 1 aromatic carbocycles. The third-order valence-electron chi connectivity index (χ3n) is 4.68. The predicted octanol–water partition coefficient (Wildman–Crippen LogP) is 3.99. The first-order chi connectivity index (χ1) is 11.6. The molecule has 1 heterocycles. The van der Waals surface area contributed by atoms with E-state index in [1.807, 2.05) is 0 Å². The lowest BCUT2D eigenvalue weighted by Crippen LogP contribution is -2.42. The molecule has 1 amide bonds. The van der Waals surface area contributed by atoms with Crippen LogP contribution in [0.2, 0.25) is 0 Å².